The standard InChI is InChI=1S/C33H37N3O3/c1-39-33(38)29(22-24-11-8-14-28(21-24)31(34)35)30(20-15-23-9-4-2-5-10-23)36-32(37)27-18-16-26(17-19-27)25-12-6-3-7-13-25/h2,4-5,8-11,14-21,25,29-30H,3,6-7,12-13,22H2,1H3,(H3,34,35)(H,36,37)/b20-15+/t29-,30-/m1/s1. The fourth-order valence-corrected chi connectivity index (χ4v) is 5.27. The first-order valence-corrected chi connectivity index (χ1v) is 13.6. The van der Waals surface area contributed by atoms with Crippen molar-refractivity contribution < 1.29 is 14.3 Å². The lowest BCUT2D eigenvalue weighted by molar-refractivity contribution is -0.145. The van der Waals surface area contributed by atoms with E-state index in [1.807, 2.05) is 66.7 Å². The Balaban J connectivity index is 1.60. The largest absolute Gasteiger partial charge is 0.469 e. The molecule has 39 heavy (non-hydrogen) atoms. The van der Waals surface area contributed by atoms with Gasteiger partial charge in [-0.15, -0.1) is 0 Å². The fourth-order valence-electron chi connectivity index (χ4n) is 5.27. The van der Waals surface area contributed by atoms with Crippen LogP contribution in [0.2, 0.25) is 0 Å². The molecule has 1 amide bonds. The summed E-state index contributed by atoms with van der Waals surface area (Å²) in [5.41, 5.74) is 9.87. The monoisotopic (exact) mass is 523 g/mol. The molecule has 0 heterocycles. The predicted octanol–water partition coefficient (Wildman–Crippen LogP) is 5.86. The number of nitrogens with one attached hydrogen (secondary N) is 2. The third kappa shape index (κ3) is 7.66. The molecular formula is C33H37N3O3. The number of esters is 1. The molecule has 0 bridgehead atoms. The van der Waals surface area contributed by atoms with Crippen LogP contribution in [0.4, 0.5) is 0 Å². The van der Waals surface area contributed by atoms with Gasteiger partial charge in [-0.25, -0.2) is 0 Å². The molecule has 1 aliphatic rings. The second-order valence-corrected chi connectivity index (χ2v) is 10.2. The summed E-state index contributed by atoms with van der Waals surface area (Å²) < 4.78 is 5.17. The minimum Gasteiger partial charge on any atom is -0.469 e. The smallest absolute Gasteiger partial charge is 0.311 e. The van der Waals surface area contributed by atoms with Crippen molar-refractivity contribution >= 4 is 23.8 Å². The van der Waals surface area contributed by atoms with Gasteiger partial charge < -0.3 is 15.8 Å². The molecular weight excluding hydrogens is 486 g/mol. The molecule has 1 aliphatic carbocycles. The number of benzene rings is 3. The van der Waals surface area contributed by atoms with Crippen LogP contribution < -0.4 is 11.1 Å². The van der Waals surface area contributed by atoms with Gasteiger partial charge in [0, 0.05) is 11.1 Å². The number of amides is 1. The van der Waals surface area contributed by atoms with Gasteiger partial charge in [-0.05, 0) is 60.1 Å². The van der Waals surface area contributed by atoms with Crippen molar-refractivity contribution in [2.45, 2.75) is 50.5 Å². The van der Waals surface area contributed by atoms with E-state index in [1.165, 1.54) is 44.8 Å². The van der Waals surface area contributed by atoms with Gasteiger partial charge in [-0.3, -0.25) is 15.0 Å². The lowest BCUT2D eigenvalue weighted by Crippen LogP contribution is -2.43. The molecule has 0 aromatic heterocycles. The zero-order valence-corrected chi connectivity index (χ0v) is 22.4. The molecule has 2 atom stereocenters. The van der Waals surface area contributed by atoms with Gasteiger partial charge in [0.05, 0.1) is 19.1 Å². The lowest BCUT2D eigenvalue weighted by atomic mass is 9.84. The average molecular weight is 524 g/mol. The maximum atomic E-state index is 13.4. The van der Waals surface area contributed by atoms with Crippen molar-refractivity contribution in [3.05, 3.63) is 113 Å². The molecule has 3 aromatic rings. The SMILES string of the molecule is COC(=O)[C@H](Cc1cccc(C(=N)N)c1)[C@@H](/C=C/c1ccccc1)NC(=O)c1ccc(C2CCCCC2)cc1. The second kappa shape index (κ2) is 13.6. The number of carbonyl (C=O) groups is 2. The van der Waals surface area contributed by atoms with Crippen molar-refractivity contribution in [2.24, 2.45) is 11.7 Å². The van der Waals surface area contributed by atoms with E-state index in [-0.39, 0.29) is 11.7 Å². The molecule has 0 unspecified atom stereocenters. The number of carbonyl (C=O) groups excluding carboxylic acids is 2. The van der Waals surface area contributed by atoms with E-state index in [9.17, 15) is 9.59 Å². The molecule has 0 spiro atoms. The van der Waals surface area contributed by atoms with E-state index in [1.54, 1.807) is 12.1 Å². The van der Waals surface area contributed by atoms with Crippen molar-refractivity contribution in [3.63, 3.8) is 0 Å². The summed E-state index contributed by atoms with van der Waals surface area (Å²) in [4.78, 5) is 26.5. The number of methoxy groups -OCH3 is 1. The minimum absolute atomic E-state index is 0.0445. The Hall–Kier alpha value is -4.19. The molecule has 3 aromatic carbocycles. The van der Waals surface area contributed by atoms with Crippen molar-refractivity contribution in [1.29, 1.82) is 5.41 Å². The van der Waals surface area contributed by atoms with Crippen LogP contribution in [0, 0.1) is 11.3 Å². The van der Waals surface area contributed by atoms with Gasteiger partial charge in [0.25, 0.3) is 5.91 Å². The van der Waals surface area contributed by atoms with Crippen LogP contribution in [0.25, 0.3) is 6.08 Å². The molecule has 202 valence electrons. The molecule has 0 aliphatic heterocycles. The maximum absolute atomic E-state index is 13.4. The van der Waals surface area contributed by atoms with Crippen LogP contribution in [0.15, 0.2) is 84.9 Å². The van der Waals surface area contributed by atoms with Crippen molar-refractivity contribution in [1.82, 2.24) is 5.32 Å². The number of nitrogens with two attached hydrogens (primary N) is 1. The molecule has 0 saturated heterocycles. The number of nitrogen functional groups attached to an aromatic ring is 1. The highest BCUT2D eigenvalue weighted by molar-refractivity contribution is 5.95. The predicted molar refractivity (Wildman–Crippen MR) is 156 cm³/mol. The summed E-state index contributed by atoms with van der Waals surface area (Å²) in [6, 6.07) is 24.2. The highest BCUT2D eigenvalue weighted by Crippen LogP contribution is 2.32. The molecule has 6 nitrogen and oxygen atoms in total. The van der Waals surface area contributed by atoms with E-state index < -0.39 is 17.9 Å². The van der Waals surface area contributed by atoms with Gasteiger partial charge in [0.2, 0.25) is 0 Å². The van der Waals surface area contributed by atoms with Crippen LogP contribution in [0.1, 0.15) is 70.6 Å². The van der Waals surface area contributed by atoms with E-state index in [0.717, 1.165) is 11.1 Å². The van der Waals surface area contributed by atoms with Crippen LogP contribution in [-0.2, 0) is 16.0 Å². The van der Waals surface area contributed by atoms with Crippen LogP contribution in [-0.4, -0.2) is 30.9 Å². The summed E-state index contributed by atoms with van der Waals surface area (Å²) >= 11 is 0. The number of ether oxygens (including phenoxy) is 1. The quantitative estimate of drug-likeness (QED) is 0.176. The molecule has 4 rings (SSSR count). The first-order valence-electron chi connectivity index (χ1n) is 13.6. The third-order valence-corrected chi connectivity index (χ3v) is 7.47. The van der Waals surface area contributed by atoms with Gasteiger partial charge in [0.15, 0.2) is 0 Å². The summed E-state index contributed by atoms with van der Waals surface area (Å²) in [5, 5.41) is 10.8. The maximum Gasteiger partial charge on any atom is 0.311 e. The average Bonchev–Trinajstić information content (AvgIpc) is 2.99. The zero-order valence-electron chi connectivity index (χ0n) is 22.4. The van der Waals surface area contributed by atoms with Crippen molar-refractivity contribution in [2.75, 3.05) is 7.11 Å². The van der Waals surface area contributed by atoms with E-state index in [4.69, 9.17) is 15.9 Å². The molecule has 1 saturated carbocycles. The Morgan fingerprint density at radius 1 is 0.974 bits per heavy atom. The summed E-state index contributed by atoms with van der Waals surface area (Å²) in [7, 11) is 1.35. The molecule has 6 heteroatoms. The lowest BCUT2D eigenvalue weighted by Gasteiger charge is -2.25. The Morgan fingerprint density at radius 3 is 2.36 bits per heavy atom. The normalized spacial score (nSPS) is 15.4. The molecule has 1 fully saturated rings. The van der Waals surface area contributed by atoms with Crippen LogP contribution in [0.3, 0.4) is 0 Å². The first kappa shape index (κ1) is 27.8. The van der Waals surface area contributed by atoms with E-state index >= 15 is 0 Å². The van der Waals surface area contributed by atoms with E-state index in [2.05, 4.69) is 17.4 Å². The third-order valence-electron chi connectivity index (χ3n) is 7.47. The summed E-state index contributed by atoms with van der Waals surface area (Å²) in [5.74, 6) is -0.857. The van der Waals surface area contributed by atoms with Gasteiger partial charge in [0.1, 0.15) is 5.84 Å². The molecule has 0 radical (unpaired) electrons. The van der Waals surface area contributed by atoms with Gasteiger partial charge in [-0.2, -0.15) is 0 Å². The number of amidine groups is 1. The van der Waals surface area contributed by atoms with E-state index in [0.29, 0.717) is 23.5 Å². The Bertz CT molecular complexity index is 1300. The Labute approximate surface area is 230 Å². The summed E-state index contributed by atoms with van der Waals surface area (Å²) in [6.07, 6.45) is 10.3. The summed E-state index contributed by atoms with van der Waals surface area (Å²) in [6.45, 7) is 0. The second-order valence-electron chi connectivity index (χ2n) is 10.2. The van der Waals surface area contributed by atoms with Gasteiger partial charge >= 0.3 is 5.97 Å². The highest BCUT2D eigenvalue weighted by atomic mass is 16.5. The topological polar surface area (TPSA) is 105 Å². The van der Waals surface area contributed by atoms with Crippen LogP contribution >= 0.6 is 0 Å². The Morgan fingerprint density at radius 2 is 1.69 bits per heavy atom. The Kier molecular flexibility index (Phi) is 9.68. The highest BCUT2D eigenvalue weighted by Gasteiger charge is 2.30. The van der Waals surface area contributed by atoms with Crippen molar-refractivity contribution in [3.8, 4) is 0 Å². The van der Waals surface area contributed by atoms with Crippen LogP contribution in [0.5, 0.6) is 0 Å². The molecule has 4 N–H and O–H groups in total. The minimum atomic E-state index is -0.692. The first-order chi connectivity index (χ1) is 18.9. The number of rotatable bonds is 10. The number of hydrogen-bond acceptors (Lipinski definition) is 4. The fraction of sp³-hybridized carbons (Fsp3) is 0.303. The number of hydrogen-bond donors (Lipinski definition) is 3. The zero-order chi connectivity index (χ0) is 27.6. The van der Waals surface area contributed by atoms with Gasteiger partial charge in [-0.1, -0.05) is 92.1 Å².